The monoisotopic (exact) mass is 331 g/mol. The van der Waals surface area contributed by atoms with Gasteiger partial charge >= 0.3 is 0 Å². The SMILES string of the molecule is COCCNC(=O)/C(C#N)=C/c1cc(C)n(C[C@@H]2CCCO2)c1C. The topological polar surface area (TPSA) is 76.3 Å². The number of hydrogen-bond acceptors (Lipinski definition) is 4. The number of nitriles is 1. The number of carbonyl (C=O) groups excluding carboxylic acids is 1. The van der Waals surface area contributed by atoms with Crippen molar-refractivity contribution in [2.75, 3.05) is 26.9 Å². The van der Waals surface area contributed by atoms with E-state index in [1.165, 1.54) is 0 Å². The van der Waals surface area contributed by atoms with Crippen LogP contribution in [0.15, 0.2) is 11.6 Å². The zero-order valence-corrected chi connectivity index (χ0v) is 14.6. The molecule has 0 aliphatic carbocycles. The van der Waals surface area contributed by atoms with Gasteiger partial charge in [-0.3, -0.25) is 4.79 Å². The van der Waals surface area contributed by atoms with Crippen molar-refractivity contribution in [1.82, 2.24) is 9.88 Å². The van der Waals surface area contributed by atoms with E-state index in [0.29, 0.717) is 13.2 Å². The first-order chi connectivity index (χ1) is 11.6. The van der Waals surface area contributed by atoms with Gasteiger partial charge in [-0.2, -0.15) is 5.26 Å². The molecule has 1 N–H and O–H groups in total. The molecular formula is C18H25N3O3. The molecule has 6 heteroatoms. The number of aromatic nitrogens is 1. The van der Waals surface area contributed by atoms with Gasteiger partial charge in [0.15, 0.2) is 0 Å². The molecule has 0 spiro atoms. The van der Waals surface area contributed by atoms with Gasteiger partial charge in [-0.1, -0.05) is 0 Å². The summed E-state index contributed by atoms with van der Waals surface area (Å²) in [6, 6.07) is 3.98. The highest BCUT2D eigenvalue weighted by Gasteiger charge is 2.19. The summed E-state index contributed by atoms with van der Waals surface area (Å²) in [5.41, 5.74) is 3.14. The van der Waals surface area contributed by atoms with Gasteiger partial charge in [0.25, 0.3) is 5.91 Å². The molecule has 1 aliphatic heterocycles. The molecule has 1 aromatic heterocycles. The van der Waals surface area contributed by atoms with E-state index in [-0.39, 0.29) is 17.6 Å². The van der Waals surface area contributed by atoms with E-state index in [9.17, 15) is 10.1 Å². The van der Waals surface area contributed by atoms with E-state index in [1.807, 2.05) is 26.0 Å². The number of methoxy groups -OCH3 is 1. The minimum atomic E-state index is -0.376. The molecule has 130 valence electrons. The normalized spacial score (nSPS) is 17.8. The maximum absolute atomic E-state index is 12.1. The molecule has 0 saturated carbocycles. The van der Waals surface area contributed by atoms with Crippen LogP contribution in [-0.4, -0.2) is 43.4 Å². The van der Waals surface area contributed by atoms with Crippen LogP contribution >= 0.6 is 0 Å². The van der Waals surface area contributed by atoms with E-state index < -0.39 is 0 Å². The van der Waals surface area contributed by atoms with Gasteiger partial charge in [0.1, 0.15) is 11.6 Å². The van der Waals surface area contributed by atoms with E-state index >= 15 is 0 Å². The first-order valence-corrected chi connectivity index (χ1v) is 8.24. The lowest BCUT2D eigenvalue weighted by molar-refractivity contribution is -0.117. The van der Waals surface area contributed by atoms with Gasteiger partial charge in [-0.25, -0.2) is 0 Å². The standard InChI is InChI=1S/C18H25N3O3/c1-13-9-15(10-16(11-19)18(22)20-6-8-23-3)14(2)21(13)12-17-5-4-7-24-17/h9-10,17H,4-8,12H2,1-3H3,(H,20,22)/b16-10+/t17-/m0/s1. The van der Waals surface area contributed by atoms with Crippen LogP contribution in [0.2, 0.25) is 0 Å². The second kappa shape index (κ2) is 8.67. The second-order valence-corrected chi connectivity index (χ2v) is 5.99. The Morgan fingerprint density at radius 2 is 2.38 bits per heavy atom. The Morgan fingerprint density at radius 1 is 1.58 bits per heavy atom. The Morgan fingerprint density at radius 3 is 3.00 bits per heavy atom. The first kappa shape index (κ1) is 18.2. The fourth-order valence-corrected chi connectivity index (χ4v) is 2.91. The van der Waals surface area contributed by atoms with Crippen molar-refractivity contribution in [3.8, 4) is 6.07 Å². The van der Waals surface area contributed by atoms with Crippen molar-refractivity contribution in [2.24, 2.45) is 0 Å². The highest BCUT2D eigenvalue weighted by molar-refractivity contribution is 6.01. The lowest BCUT2D eigenvalue weighted by atomic mass is 10.1. The molecular weight excluding hydrogens is 306 g/mol. The highest BCUT2D eigenvalue weighted by atomic mass is 16.5. The lowest BCUT2D eigenvalue weighted by Gasteiger charge is -2.14. The van der Waals surface area contributed by atoms with Gasteiger partial charge in [-0.05, 0) is 44.4 Å². The van der Waals surface area contributed by atoms with Crippen LogP contribution in [-0.2, 0) is 20.8 Å². The van der Waals surface area contributed by atoms with Crippen LogP contribution in [0.1, 0.15) is 29.8 Å². The molecule has 0 bridgehead atoms. The molecule has 2 heterocycles. The number of rotatable bonds is 7. The third kappa shape index (κ3) is 4.47. The summed E-state index contributed by atoms with van der Waals surface area (Å²) in [5.74, 6) is -0.376. The van der Waals surface area contributed by atoms with Crippen molar-refractivity contribution >= 4 is 12.0 Å². The fraction of sp³-hybridized carbons (Fsp3) is 0.556. The maximum atomic E-state index is 12.1. The summed E-state index contributed by atoms with van der Waals surface area (Å²) in [7, 11) is 1.57. The van der Waals surface area contributed by atoms with Crippen molar-refractivity contribution in [3.63, 3.8) is 0 Å². The van der Waals surface area contributed by atoms with E-state index in [1.54, 1.807) is 13.2 Å². The lowest BCUT2D eigenvalue weighted by Crippen LogP contribution is -2.27. The average molecular weight is 331 g/mol. The van der Waals surface area contributed by atoms with Crippen LogP contribution in [0, 0.1) is 25.2 Å². The number of nitrogens with zero attached hydrogens (tertiary/aromatic N) is 2. The summed E-state index contributed by atoms with van der Waals surface area (Å²) in [5, 5.41) is 11.9. The minimum absolute atomic E-state index is 0.100. The number of carbonyl (C=O) groups is 1. The summed E-state index contributed by atoms with van der Waals surface area (Å²) in [6.07, 6.45) is 4.08. The van der Waals surface area contributed by atoms with E-state index in [4.69, 9.17) is 9.47 Å². The van der Waals surface area contributed by atoms with Gasteiger partial charge in [0.05, 0.1) is 12.7 Å². The largest absolute Gasteiger partial charge is 0.383 e. The number of aryl methyl sites for hydroxylation is 1. The predicted molar refractivity (Wildman–Crippen MR) is 91.4 cm³/mol. The number of amides is 1. The molecule has 6 nitrogen and oxygen atoms in total. The Hall–Kier alpha value is -2.10. The molecule has 1 saturated heterocycles. The number of nitrogens with one attached hydrogen (secondary N) is 1. The van der Waals surface area contributed by atoms with E-state index in [2.05, 4.69) is 9.88 Å². The molecule has 2 rings (SSSR count). The Kier molecular flexibility index (Phi) is 6.59. The number of hydrogen-bond donors (Lipinski definition) is 1. The van der Waals surface area contributed by atoms with Crippen molar-refractivity contribution in [2.45, 2.75) is 39.3 Å². The highest BCUT2D eigenvalue weighted by Crippen LogP contribution is 2.22. The summed E-state index contributed by atoms with van der Waals surface area (Å²) in [4.78, 5) is 12.1. The third-order valence-electron chi connectivity index (χ3n) is 4.28. The van der Waals surface area contributed by atoms with Gasteiger partial charge in [-0.15, -0.1) is 0 Å². The Labute approximate surface area is 143 Å². The molecule has 24 heavy (non-hydrogen) atoms. The molecule has 0 radical (unpaired) electrons. The third-order valence-corrected chi connectivity index (χ3v) is 4.28. The number of ether oxygens (including phenoxy) is 2. The molecule has 0 unspecified atom stereocenters. The zero-order valence-electron chi connectivity index (χ0n) is 14.6. The molecule has 1 atom stereocenters. The summed E-state index contributed by atoms with van der Waals surface area (Å²) >= 11 is 0. The zero-order chi connectivity index (χ0) is 17.5. The van der Waals surface area contributed by atoms with Crippen LogP contribution in [0.5, 0.6) is 0 Å². The van der Waals surface area contributed by atoms with Crippen molar-refractivity contribution in [3.05, 3.63) is 28.6 Å². The molecule has 1 aromatic rings. The maximum Gasteiger partial charge on any atom is 0.262 e. The Bertz CT molecular complexity index is 649. The molecule has 1 fully saturated rings. The Balaban J connectivity index is 2.15. The summed E-state index contributed by atoms with van der Waals surface area (Å²) < 4.78 is 12.8. The van der Waals surface area contributed by atoms with Crippen LogP contribution < -0.4 is 5.32 Å². The van der Waals surface area contributed by atoms with Crippen LogP contribution in [0.25, 0.3) is 6.08 Å². The van der Waals surface area contributed by atoms with Crippen molar-refractivity contribution < 1.29 is 14.3 Å². The van der Waals surface area contributed by atoms with Crippen LogP contribution in [0.4, 0.5) is 0 Å². The van der Waals surface area contributed by atoms with E-state index in [0.717, 1.165) is 42.9 Å². The quantitative estimate of drug-likeness (QED) is 0.471. The molecule has 1 aliphatic rings. The summed E-state index contributed by atoms with van der Waals surface area (Å²) in [6.45, 7) is 6.48. The van der Waals surface area contributed by atoms with Gasteiger partial charge < -0.3 is 19.4 Å². The van der Waals surface area contributed by atoms with Crippen molar-refractivity contribution in [1.29, 1.82) is 5.26 Å². The fourth-order valence-electron chi connectivity index (χ4n) is 2.91. The second-order valence-electron chi connectivity index (χ2n) is 5.99. The molecule has 0 aromatic carbocycles. The van der Waals surface area contributed by atoms with Gasteiger partial charge in [0, 0.05) is 38.2 Å². The molecule has 1 amide bonds. The minimum Gasteiger partial charge on any atom is -0.383 e. The smallest absolute Gasteiger partial charge is 0.262 e. The van der Waals surface area contributed by atoms with Gasteiger partial charge in [0.2, 0.25) is 0 Å². The predicted octanol–water partition coefficient (Wildman–Crippen LogP) is 1.95. The first-order valence-electron chi connectivity index (χ1n) is 8.24. The average Bonchev–Trinajstić information content (AvgIpc) is 3.16. The van der Waals surface area contributed by atoms with Crippen LogP contribution in [0.3, 0.4) is 0 Å².